The van der Waals surface area contributed by atoms with Crippen molar-refractivity contribution in [1.29, 1.82) is 0 Å². The van der Waals surface area contributed by atoms with Gasteiger partial charge in [-0.2, -0.15) is 0 Å². The van der Waals surface area contributed by atoms with Gasteiger partial charge in [0.25, 0.3) is 0 Å². The standard InChI is InChI=1S/C14H14FNO3/c1-14(7-18-6-11(14)16)13(17)10-5-8-3-2-4-9(15)12(8)19-10/h2-5,11H,6-7,16H2,1H3. The fourth-order valence-electron chi connectivity index (χ4n) is 2.34. The lowest BCUT2D eigenvalue weighted by Crippen LogP contribution is -2.44. The van der Waals surface area contributed by atoms with Crippen LogP contribution in [0.25, 0.3) is 11.0 Å². The number of halogens is 1. The van der Waals surface area contributed by atoms with Crippen molar-refractivity contribution in [2.75, 3.05) is 13.2 Å². The molecule has 0 amide bonds. The summed E-state index contributed by atoms with van der Waals surface area (Å²) in [6, 6.07) is 5.75. The van der Waals surface area contributed by atoms with Gasteiger partial charge in [-0.3, -0.25) is 4.79 Å². The minimum atomic E-state index is -0.815. The van der Waals surface area contributed by atoms with Gasteiger partial charge in [0.1, 0.15) is 0 Å². The molecule has 1 aliphatic rings. The lowest BCUT2D eigenvalue weighted by molar-refractivity contribution is 0.0739. The molecule has 1 aromatic carbocycles. The molecular weight excluding hydrogens is 249 g/mol. The van der Waals surface area contributed by atoms with E-state index in [4.69, 9.17) is 14.9 Å². The monoisotopic (exact) mass is 263 g/mol. The van der Waals surface area contributed by atoms with Gasteiger partial charge in [-0.15, -0.1) is 0 Å². The van der Waals surface area contributed by atoms with E-state index in [1.165, 1.54) is 6.07 Å². The molecule has 1 fully saturated rings. The van der Waals surface area contributed by atoms with E-state index in [0.717, 1.165) is 0 Å². The van der Waals surface area contributed by atoms with E-state index in [1.54, 1.807) is 25.1 Å². The molecule has 2 atom stereocenters. The minimum absolute atomic E-state index is 0.0990. The number of rotatable bonds is 2. The Kier molecular flexibility index (Phi) is 2.69. The van der Waals surface area contributed by atoms with Gasteiger partial charge < -0.3 is 14.9 Å². The maximum Gasteiger partial charge on any atom is 0.207 e. The largest absolute Gasteiger partial charge is 0.450 e. The Morgan fingerprint density at radius 1 is 1.53 bits per heavy atom. The summed E-state index contributed by atoms with van der Waals surface area (Å²) in [7, 11) is 0. The van der Waals surface area contributed by atoms with Crippen molar-refractivity contribution in [3.8, 4) is 0 Å². The zero-order chi connectivity index (χ0) is 13.6. The highest BCUT2D eigenvalue weighted by atomic mass is 19.1. The average Bonchev–Trinajstić information content (AvgIpc) is 2.95. The topological polar surface area (TPSA) is 65.5 Å². The third kappa shape index (κ3) is 1.77. The number of furan rings is 1. The number of carbonyl (C=O) groups excluding carboxylic acids is 1. The Hall–Kier alpha value is -1.72. The number of benzene rings is 1. The van der Waals surface area contributed by atoms with Crippen LogP contribution in [-0.4, -0.2) is 25.0 Å². The predicted octanol–water partition coefficient (Wildman–Crippen LogP) is 2.12. The maximum atomic E-state index is 13.6. The fraction of sp³-hybridized carbons (Fsp3) is 0.357. The SMILES string of the molecule is CC1(C(=O)c2cc3cccc(F)c3o2)COCC1N. The number of hydrogen-bond acceptors (Lipinski definition) is 4. The van der Waals surface area contributed by atoms with Gasteiger partial charge in [0, 0.05) is 11.4 Å². The van der Waals surface area contributed by atoms with Crippen LogP contribution in [0.5, 0.6) is 0 Å². The van der Waals surface area contributed by atoms with Gasteiger partial charge >= 0.3 is 0 Å². The summed E-state index contributed by atoms with van der Waals surface area (Å²) in [5, 5.41) is 0.569. The molecule has 5 heteroatoms. The van der Waals surface area contributed by atoms with Crippen LogP contribution in [0.2, 0.25) is 0 Å². The number of carbonyl (C=O) groups is 1. The number of hydrogen-bond donors (Lipinski definition) is 1. The number of para-hydroxylation sites is 1. The van der Waals surface area contributed by atoms with E-state index in [9.17, 15) is 9.18 Å². The van der Waals surface area contributed by atoms with Crippen LogP contribution in [0.15, 0.2) is 28.7 Å². The number of nitrogens with two attached hydrogens (primary N) is 1. The van der Waals surface area contributed by atoms with Crippen LogP contribution in [0.3, 0.4) is 0 Å². The van der Waals surface area contributed by atoms with E-state index in [-0.39, 0.29) is 29.8 Å². The Balaban J connectivity index is 2.05. The molecule has 2 heterocycles. The van der Waals surface area contributed by atoms with E-state index >= 15 is 0 Å². The normalized spacial score (nSPS) is 27.0. The Morgan fingerprint density at radius 2 is 2.32 bits per heavy atom. The van der Waals surface area contributed by atoms with Gasteiger partial charge in [0.05, 0.1) is 18.6 Å². The molecule has 0 radical (unpaired) electrons. The summed E-state index contributed by atoms with van der Waals surface area (Å²) in [6.07, 6.45) is 0. The molecule has 2 aromatic rings. The minimum Gasteiger partial charge on any atom is -0.450 e. The average molecular weight is 263 g/mol. The number of fused-ring (bicyclic) bond motifs is 1. The highest BCUT2D eigenvalue weighted by Crippen LogP contribution is 2.33. The van der Waals surface area contributed by atoms with Crippen LogP contribution in [-0.2, 0) is 4.74 Å². The molecule has 1 aromatic heterocycles. The molecule has 1 saturated heterocycles. The fourth-order valence-corrected chi connectivity index (χ4v) is 2.34. The smallest absolute Gasteiger partial charge is 0.207 e. The third-order valence-electron chi connectivity index (χ3n) is 3.76. The van der Waals surface area contributed by atoms with E-state index in [2.05, 4.69) is 0 Å². The second kappa shape index (κ2) is 4.15. The van der Waals surface area contributed by atoms with Gasteiger partial charge in [-0.1, -0.05) is 12.1 Å². The molecule has 0 bridgehead atoms. The van der Waals surface area contributed by atoms with Gasteiger partial charge in [0.15, 0.2) is 17.2 Å². The van der Waals surface area contributed by atoms with E-state index in [0.29, 0.717) is 12.0 Å². The summed E-state index contributed by atoms with van der Waals surface area (Å²) in [6.45, 7) is 2.35. The zero-order valence-electron chi connectivity index (χ0n) is 10.5. The Morgan fingerprint density at radius 3 is 2.95 bits per heavy atom. The van der Waals surface area contributed by atoms with Crippen LogP contribution in [0, 0.1) is 11.2 Å². The number of ketones is 1. The molecule has 2 unspecified atom stereocenters. The number of Topliss-reactive ketones (excluding diaryl/α,β-unsaturated/α-hetero) is 1. The van der Waals surface area contributed by atoms with Gasteiger partial charge in [-0.05, 0) is 19.1 Å². The third-order valence-corrected chi connectivity index (χ3v) is 3.76. The summed E-state index contributed by atoms with van der Waals surface area (Å²) in [5.41, 5.74) is 5.20. The highest BCUT2D eigenvalue weighted by Gasteiger charge is 2.45. The Labute approximate surface area is 109 Å². The van der Waals surface area contributed by atoms with Crippen LogP contribution >= 0.6 is 0 Å². The van der Waals surface area contributed by atoms with Crippen LogP contribution in [0.4, 0.5) is 4.39 Å². The highest BCUT2D eigenvalue weighted by molar-refractivity contribution is 6.01. The van der Waals surface area contributed by atoms with Crippen molar-refractivity contribution in [3.63, 3.8) is 0 Å². The van der Waals surface area contributed by atoms with E-state index < -0.39 is 11.2 Å². The van der Waals surface area contributed by atoms with Crippen LogP contribution < -0.4 is 5.73 Å². The Bertz CT molecular complexity index is 651. The van der Waals surface area contributed by atoms with Crippen molar-refractivity contribution in [3.05, 3.63) is 35.8 Å². The molecule has 19 heavy (non-hydrogen) atoms. The van der Waals surface area contributed by atoms with Crippen molar-refractivity contribution >= 4 is 16.8 Å². The number of ether oxygens (including phenoxy) is 1. The molecule has 0 aliphatic carbocycles. The first-order chi connectivity index (χ1) is 9.02. The van der Waals surface area contributed by atoms with Gasteiger partial charge in [-0.25, -0.2) is 4.39 Å². The molecule has 4 nitrogen and oxygen atoms in total. The second-order valence-electron chi connectivity index (χ2n) is 5.14. The molecule has 100 valence electrons. The first-order valence-electron chi connectivity index (χ1n) is 6.08. The molecule has 1 aliphatic heterocycles. The molecule has 0 saturated carbocycles. The maximum absolute atomic E-state index is 13.6. The zero-order valence-corrected chi connectivity index (χ0v) is 10.5. The van der Waals surface area contributed by atoms with Crippen molar-refractivity contribution in [1.82, 2.24) is 0 Å². The molecule has 0 spiro atoms. The summed E-state index contributed by atoms with van der Waals surface area (Å²) < 4.78 is 24.2. The summed E-state index contributed by atoms with van der Waals surface area (Å²) >= 11 is 0. The van der Waals surface area contributed by atoms with Crippen molar-refractivity contribution in [2.24, 2.45) is 11.1 Å². The molecule has 3 rings (SSSR count). The quantitative estimate of drug-likeness (QED) is 0.843. The predicted molar refractivity (Wildman–Crippen MR) is 67.4 cm³/mol. The summed E-state index contributed by atoms with van der Waals surface area (Å²) in [4.78, 5) is 12.5. The lowest BCUT2D eigenvalue weighted by Gasteiger charge is -2.23. The van der Waals surface area contributed by atoms with Crippen molar-refractivity contribution in [2.45, 2.75) is 13.0 Å². The van der Waals surface area contributed by atoms with Crippen LogP contribution in [0.1, 0.15) is 17.5 Å². The van der Waals surface area contributed by atoms with Crippen molar-refractivity contribution < 1.29 is 18.3 Å². The molecule has 2 N–H and O–H groups in total. The molecular formula is C14H14FNO3. The summed E-state index contributed by atoms with van der Waals surface area (Å²) in [5.74, 6) is -0.592. The first-order valence-corrected chi connectivity index (χ1v) is 6.08. The second-order valence-corrected chi connectivity index (χ2v) is 5.14. The van der Waals surface area contributed by atoms with E-state index in [1.807, 2.05) is 0 Å². The van der Waals surface area contributed by atoms with Gasteiger partial charge in [0.2, 0.25) is 5.78 Å². The lowest BCUT2D eigenvalue weighted by atomic mass is 9.80. The first kappa shape index (κ1) is 12.3.